The summed E-state index contributed by atoms with van der Waals surface area (Å²) in [7, 11) is -3.12. The molecule has 1 aromatic rings. The molecule has 1 unspecified atom stereocenters. The SMILES string of the molecule is CC1=C(C(=O)OCC[Si](C)(C)C)C(c2cccc([N+](=O)[O-])c2)C(C(=O)OC[Si](C)(C)C)=C(C)N1. The first-order valence-electron chi connectivity index (χ1n) is 11.4. The van der Waals surface area contributed by atoms with E-state index in [0.717, 1.165) is 6.04 Å². The molecule has 0 amide bonds. The van der Waals surface area contributed by atoms with Gasteiger partial charge in [0.15, 0.2) is 0 Å². The summed E-state index contributed by atoms with van der Waals surface area (Å²) in [5.74, 6) is -1.92. The number of dihydropyridines is 1. The molecule has 0 fully saturated rings. The van der Waals surface area contributed by atoms with Gasteiger partial charge in [0.2, 0.25) is 0 Å². The molecule has 1 N–H and O–H groups in total. The minimum Gasteiger partial charge on any atom is -0.466 e. The molecule has 0 aromatic heterocycles. The van der Waals surface area contributed by atoms with Crippen LogP contribution in [0.3, 0.4) is 0 Å². The Morgan fingerprint density at radius 3 is 2.03 bits per heavy atom. The molecule has 1 aliphatic rings. The second-order valence-electron chi connectivity index (χ2n) is 11.1. The van der Waals surface area contributed by atoms with Crippen LogP contribution in [-0.2, 0) is 19.1 Å². The van der Waals surface area contributed by atoms with E-state index in [2.05, 4.69) is 44.6 Å². The van der Waals surface area contributed by atoms with Crippen LogP contribution in [-0.4, -0.2) is 45.8 Å². The molecule has 0 spiro atoms. The highest BCUT2D eigenvalue weighted by Gasteiger charge is 2.39. The Balaban J connectivity index is 2.53. The van der Waals surface area contributed by atoms with Crippen molar-refractivity contribution in [3.8, 4) is 0 Å². The number of hydrogen-bond acceptors (Lipinski definition) is 7. The van der Waals surface area contributed by atoms with E-state index in [1.54, 1.807) is 26.0 Å². The van der Waals surface area contributed by atoms with Gasteiger partial charge in [-0.15, -0.1) is 0 Å². The fourth-order valence-electron chi connectivity index (χ4n) is 3.57. The van der Waals surface area contributed by atoms with Gasteiger partial charge < -0.3 is 14.8 Å². The lowest BCUT2D eigenvalue weighted by Crippen LogP contribution is -2.35. The van der Waals surface area contributed by atoms with Gasteiger partial charge in [-0.1, -0.05) is 51.4 Å². The van der Waals surface area contributed by atoms with Gasteiger partial charge in [-0.25, -0.2) is 9.59 Å². The number of nitrogens with zero attached hydrogens (tertiary/aromatic N) is 1. The summed E-state index contributed by atoms with van der Waals surface area (Å²) < 4.78 is 11.3. The molecule has 10 heteroatoms. The van der Waals surface area contributed by atoms with Crippen LogP contribution < -0.4 is 5.32 Å². The van der Waals surface area contributed by atoms with Crippen LogP contribution in [0.5, 0.6) is 0 Å². The van der Waals surface area contributed by atoms with Crippen LogP contribution in [0.25, 0.3) is 0 Å². The summed E-state index contributed by atoms with van der Waals surface area (Å²) in [4.78, 5) is 37.5. The maximum absolute atomic E-state index is 13.3. The maximum atomic E-state index is 13.3. The Hall–Kier alpha value is -2.73. The molecule has 2 rings (SSSR count). The van der Waals surface area contributed by atoms with Crippen molar-refractivity contribution in [1.29, 1.82) is 0 Å². The normalized spacial score (nSPS) is 16.8. The van der Waals surface area contributed by atoms with E-state index in [1.807, 2.05) is 0 Å². The molecular weight excluding hydrogens is 468 g/mol. The number of non-ortho nitro benzene ring substituents is 1. The van der Waals surface area contributed by atoms with Gasteiger partial charge in [0.1, 0.15) is 0 Å². The average molecular weight is 505 g/mol. The minimum absolute atomic E-state index is 0.118. The lowest BCUT2D eigenvalue weighted by molar-refractivity contribution is -0.384. The average Bonchev–Trinajstić information content (AvgIpc) is 2.70. The third-order valence-electron chi connectivity index (χ3n) is 5.34. The van der Waals surface area contributed by atoms with Crippen LogP contribution in [0.4, 0.5) is 5.69 Å². The Morgan fingerprint density at radius 1 is 0.971 bits per heavy atom. The number of nitro groups is 1. The molecule has 0 bridgehead atoms. The quantitative estimate of drug-likeness (QED) is 0.215. The number of benzene rings is 1. The summed E-state index contributed by atoms with van der Waals surface area (Å²) in [5, 5.41) is 14.6. The lowest BCUT2D eigenvalue weighted by atomic mass is 9.80. The van der Waals surface area contributed by atoms with Crippen LogP contribution >= 0.6 is 0 Å². The van der Waals surface area contributed by atoms with Crippen molar-refractivity contribution in [1.82, 2.24) is 5.32 Å². The third-order valence-corrected chi connectivity index (χ3v) is 8.05. The number of carbonyl (C=O) groups is 2. The minimum atomic E-state index is -1.69. The Kier molecular flexibility index (Phi) is 8.65. The fourth-order valence-corrected chi connectivity index (χ4v) is 4.85. The predicted molar refractivity (Wildman–Crippen MR) is 138 cm³/mol. The first kappa shape index (κ1) is 27.5. The summed E-state index contributed by atoms with van der Waals surface area (Å²) in [5.41, 5.74) is 1.98. The van der Waals surface area contributed by atoms with Gasteiger partial charge in [-0.2, -0.15) is 0 Å². The van der Waals surface area contributed by atoms with E-state index in [1.165, 1.54) is 12.1 Å². The van der Waals surface area contributed by atoms with E-state index < -0.39 is 38.9 Å². The second kappa shape index (κ2) is 10.7. The largest absolute Gasteiger partial charge is 0.466 e. The number of carbonyl (C=O) groups excluding carboxylic acids is 2. The summed E-state index contributed by atoms with van der Waals surface area (Å²) >= 11 is 0. The second-order valence-corrected chi connectivity index (χ2v) is 22.1. The van der Waals surface area contributed by atoms with Gasteiger partial charge in [-0.3, -0.25) is 10.1 Å². The fraction of sp³-hybridized carbons (Fsp3) is 0.500. The van der Waals surface area contributed by atoms with Gasteiger partial charge in [0.25, 0.3) is 5.69 Å². The molecule has 0 radical (unpaired) electrons. The first-order chi connectivity index (χ1) is 15.6. The van der Waals surface area contributed by atoms with Crippen LogP contribution in [0.1, 0.15) is 25.3 Å². The number of ether oxygens (including phenoxy) is 2. The van der Waals surface area contributed by atoms with E-state index in [0.29, 0.717) is 23.2 Å². The Bertz CT molecular complexity index is 1030. The molecule has 1 aromatic carbocycles. The topological polar surface area (TPSA) is 108 Å². The molecule has 1 atom stereocenters. The van der Waals surface area contributed by atoms with Gasteiger partial charge in [0.05, 0.1) is 42.9 Å². The highest BCUT2D eigenvalue weighted by Crippen LogP contribution is 2.40. The highest BCUT2D eigenvalue weighted by molar-refractivity contribution is 6.76. The molecular formula is C24H36N2O6Si2. The zero-order chi connectivity index (χ0) is 25.8. The summed E-state index contributed by atoms with van der Waals surface area (Å²) in [6.07, 6.45) is 0.322. The van der Waals surface area contributed by atoms with E-state index >= 15 is 0 Å². The molecule has 1 heterocycles. The van der Waals surface area contributed by atoms with Crippen LogP contribution in [0.15, 0.2) is 46.8 Å². The number of nitro benzene ring substituents is 1. The molecule has 186 valence electrons. The van der Waals surface area contributed by atoms with Gasteiger partial charge in [-0.05, 0) is 25.5 Å². The Labute approximate surface area is 203 Å². The number of allylic oxidation sites excluding steroid dienone is 2. The number of rotatable bonds is 9. The Morgan fingerprint density at radius 2 is 1.53 bits per heavy atom. The van der Waals surface area contributed by atoms with Crippen molar-refractivity contribution in [2.45, 2.75) is 65.1 Å². The van der Waals surface area contributed by atoms with Crippen LogP contribution in [0.2, 0.25) is 45.3 Å². The van der Waals surface area contributed by atoms with Crippen molar-refractivity contribution in [3.05, 3.63) is 62.5 Å². The predicted octanol–water partition coefficient (Wildman–Crippen LogP) is 5.13. The number of hydrogen-bond donors (Lipinski definition) is 1. The van der Waals surface area contributed by atoms with Crippen molar-refractivity contribution in [3.63, 3.8) is 0 Å². The molecule has 8 nitrogen and oxygen atoms in total. The van der Waals surface area contributed by atoms with Gasteiger partial charge in [0, 0.05) is 31.6 Å². The zero-order valence-corrected chi connectivity index (χ0v) is 23.4. The smallest absolute Gasteiger partial charge is 0.336 e. The first-order valence-corrected chi connectivity index (χ1v) is 18.8. The van der Waals surface area contributed by atoms with Crippen molar-refractivity contribution >= 4 is 33.8 Å². The standard InChI is InChI=1S/C24H36N2O6Si2/c1-16-20(23(27)31-12-13-33(3,4)5)22(18-10-9-11-19(14-18)26(29)30)21(17(2)25-16)24(28)32-15-34(6,7)8/h9-11,14,22,25H,12-13,15H2,1-8H3. The molecule has 0 aliphatic carbocycles. The van der Waals surface area contributed by atoms with E-state index in [9.17, 15) is 19.7 Å². The monoisotopic (exact) mass is 504 g/mol. The molecule has 1 aliphatic heterocycles. The lowest BCUT2D eigenvalue weighted by Gasteiger charge is -2.31. The molecule has 0 saturated carbocycles. The van der Waals surface area contributed by atoms with Crippen molar-refractivity contribution in [2.75, 3.05) is 12.8 Å². The van der Waals surface area contributed by atoms with Crippen molar-refractivity contribution < 1.29 is 24.0 Å². The van der Waals surface area contributed by atoms with E-state index in [4.69, 9.17) is 9.47 Å². The molecule has 0 saturated heterocycles. The summed E-state index contributed by atoms with van der Waals surface area (Å²) in [6.45, 7) is 16.6. The van der Waals surface area contributed by atoms with Crippen molar-refractivity contribution in [2.24, 2.45) is 0 Å². The van der Waals surface area contributed by atoms with Crippen LogP contribution in [0, 0.1) is 10.1 Å². The third kappa shape index (κ3) is 7.39. The molecule has 34 heavy (non-hydrogen) atoms. The maximum Gasteiger partial charge on any atom is 0.336 e. The number of esters is 2. The van der Waals surface area contributed by atoms with E-state index in [-0.39, 0.29) is 23.4 Å². The summed E-state index contributed by atoms with van der Waals surface area (Å²) in [6, 6.07) is 6.83. The zero-order valence-electron chi connectivity index (χ0n) is 21.4. The number of nitrogens with one attached hydrogen (secondary N) is 1. The van der Waals surface area contributed by atoms with Gasteiger partial charge >= 0.3 is 11.9 Å². The highest BCUT2D eigenvalue weighted by atomic mass is 28.3.